The summed E-state index contributed by atoms with van der Waals surface area (Å²) >= 11 is 1.42. The van der Waals surface area contributed by atoms with Crippen LogP contribution in [0, 0.1) is 6.92 Å². The van der Waals surface area contributed by atoms with Crippen molar-refractivity contribution in [1.29, 1.82) is 0 Å². The number of methoxy groups -OCH3 is 1. The van der Waals surface area contributed by atoms with Crippen LogP contribution in [0.5, 0.6) is 5.75 Å². The molecule has 138 valence electrons. The van der Waals surface area contributed by atoms with Crippen molar-refractivity contribution in [3.63, 3.8) is 0 Å². The molecule has 0 bridgehead atoms. The summed E-state index contributed by atoms with van der Waals surface area (Å²) < 4.78 is 10.6. The summed E-state index contributed by atoms with van der Waals surface area (Å²) in [6.45, 7) is 4.20. The number of carbonyl (C=O) groups excluding carboxylic acids is 1. The lowest BCUT2D eigenvalue weighted by Crippen LogP contribution is -2.51. The van der Waals surface area contributed by atoms with Gasteiger partial charge >= 0.3 is 5.97 Å². The number of morpholine rings is 1. The van der Waals surface area contributed by atoms with Crippen molar-refractivity contribution in [3.05, 3.63) is 40.1 Å². The van der Waals surface area contributed by atoms with Gasteiger partial charge in [-0.3, -0.25) is 4.79 Å². The van der Waals surface area contributed by atoms with Crippen LogP contribution in [0.4, 0.5) is 0 Å². The minimum absolute atomic E-state index is 0.0628. The molecule has 1 aromatic carbocycles. The molecule has 0 saturated carbocycles. The van der Waals surface area contributed by atoms with Crippen molar-refractivity contribution in [1.82, 2.24) is 4.90 Å². The predicted octanol–water partition coefficient (Wildman–Crippen LogP) is 3.05. The van der Waals surface area contributed by atoms with E-state index in [1.54, 1.807) is 18.9 Å². The van der Waals surface area contributed by atoms with Gasteiger partial charge in [-0.1, -0.05) is 12.1 Å². The fraction of sp³-hybridized carbons (Fsp3) is 0.368. The van der Waals surface area contributed by atoms with Gasteiger partial charge in [0.05, 0.1) is 24.6 Å². The number of thiophene rings is 1. The quantitative estimate of drug-likeness (QED) is 0.889. The molecular formula is C19H21NO5S. The molecule has 1 aliphatic rings. The Morgan fingerprint density at radius 1 is 1.27 bits per heavy atom. The summed E-state index contributed by atoms with van der Waals surface area (Å²) in [5.74, 6) is -0.421. The van der Waals surface area contributed by atoms with E-state index in [-0.39, 0.29) is 18.6 Å². The van der Waals surface area contributed by atoms with E-state index in [0.29, 0.717) is 11.4 Å². The Kier molecular flexibility index (Phi) is 5.29. The first-order chi connectivity index (χ1) is 12.4. The van der Waals surface area contributed by atoms with E-state index in [2.05, 4.69) is 0 Å². The first-order valence-electron chi connectivity index (χ1n) is 8.31. The lowest BCUT2D eigenvalue weighted by atomic mass is 10.1. The third-order valence-corrected chi connectivity index (χ3v) is 5.39. The predicted molar refractivity (Wildman–Crippen MR) is 98.9 cm³/mol. The number of benzene rings is 1. The number of aliphatic carboxylic acids is 1. The molecule has 1 saturated heterocycles. The molecule has 2 heterocycles. The summed E-state index contributed by atoms with van der Waals surface area (Å²) in [7, 11) is 1.62. The average molecular weight is 375 g/mol. The monoisotopic (exact) mass is 375 g/mol. The minimum Gasteiger partial charge on any atom is -0.497 e. The van der Waals surface area contributed by atoms with Crippen LogP contribution in [-0.4, -0.2) is 54.3 Å². The number of carbonyl (C=O) groups is 2. The van der Waals surface area contributed by atoms with Crippen LogP contribution in [0.15, 0.2) is 30.3 Å². The van der Waals surface area contributed by atoms with Crippen molar-refractivity contribution in [2.45, 2.75) is 26.1 Å². The number of aryl methyl sites for hydroxylation is 1. The molecule has 6 nitrogen and oxygen atoms in total. The molecule has 1 aliphatic heterocycles. The van der Waals surface area contributed by atoms with E-state index in [1.807, 2.05) is 37.3 Å². The molecule has 0 radical (unpaired) electrons. The lowest BCUT2D eigenvalue weighted by molar-refractivity contribution is -0.160. The normalized spacial score (nSPS) is 20.0. The van der Waals surface area contributed by atoms with Crippen LogP contribution < -0.4 is 4.74 Å². The highest BCUT2D eigenvalue weighted by atomic mass is 32.1. The van der Waals surface area contributed by atoms with Gasteiger partial charge in [-0.15, -0.1) is 11.3 Å². The summed E-state index contributed by atoms with van der Waals surface area (Å²) in [4.78, 5) is 27.3. The highest BCUT2D eigenvalue weighted by molar-refractivity contribution is 7.14. The Morgan fingerprint density at radius 3 is 2.58 bits per heavy atom. The molecule has 1 aromatic heterocycles. The standard InChI is InChI=1S/C19H21NO5S/c1-11-9-20(10-16(25-11)19(22)23)18(21)17-8-15(12(2)26-17)13-4-6-14(24-3)7-5-13/h4-8,11,16H,9-10H2,1-3H3,(H,22,23)/t11-,16?/m1/s1. The van der Waals surface area contributed by atoms with Crippen LogP contribution in [0.3, 0.4) is 0 Å². The van der Waals surface area contributed by atoms with Gasteiger partial charge in [0, 0.05) is 11.4 Å². The number of rotatable bonds is 4. The third kappa shape index (κ3) is 3.73. The molecule has 2 atom stereocenters. The van der Waals surface area contributed by atoms with E-state index in [9.17, 15) is 14.7 Å². The lowest BCUT2D eigenvalue weighted by Gasteiger charge is -2.34. The number of ether oxygens (including phenoxy) is 2. The smallest absolute Gasteiger partial charge is 0.334 e. The maximum absolute atomic E-state index is 12.9. The minimum atomic E-state index is -1.05. The Hall–Kier alpha value is -2.38. The van der Waals surface area contributed by atoms with Gasteiger partial charge in [0.1, 0.15) is 5.75 Å². The van der Waals surface area contributed by atoms with Crippen molar-refractivity contribution in [2.75, 3.05) is 20.2 Å². The number of hydrogen-bond acceptors (Lipinski definition) is 5. The van der Waals surface area contributed by atoms with Crippen LogP contribution >= 0.6 is 11.3 Å². The summed E-state index contributed by atoms with van der Waals surface area (Å²) in [5, 5.41) is 9.20. The average Bonchev–Trinajstić information content (AvgIpc) is 3.02. The highest BCUT2D eigenvalue weighted by Gasteiger charge is 2.33. The molecular weight excluding hydrogens is 354 g/mol. The van der Waals surface area contributed by atoms with Gasteiger partial charge < -0.3 is 19.5 Å². The van der Waals surface area contributed by atoms with E-state index in [1.165, 1.54) is 11.3 Å². The topological polar surface area (TPSA) is 76.1 Å². The molecule has 1 unspecified atom stereocenters. The highest BCUT2D eigenvalue weighted by Crippen LogP contribution is 2.33. The second-order valence-corrected chi connectivity index (χ2v) is 7.55. The molecule has 7 heteroatoms. The largest absolute Gasteiger partial charge is 0.497 e. The van der Waals surface area contributed by atoms with Crippen LogP contribution in [-0.2, 0) is 9.53 Å². The van der Waals surface area contributed by atoms with Gasteiger partial charge in [0.15, 0.2) is 6.10 Å². The zero-order chi connectivity index (χ0) is 18.8. The van der Waals surface area contributed by atoms with Gasteiger partial charge in [-0.25, -0.2) is 4.79 Å². The van der Waals surface area contributed by atoms with Crippen molar-refractivity contribution < 1.29 is 24.2 Å². The van der Waals surface area contributed by atoms with E-state index >= 15 is 0 Å². The number of nitrogens with zero attached hydrogens (tertiary/aromatic N) is 1. The van der Waals surface area contributed by atoms with Gasteiger partial charge in [0.25, 0.3) is 5.91 Å². The van der Waals surface area contributed by atoms with Crippen molar-refractivity contribution in [2.24, 2.45) is 0 Å². The van der Waals surface area contributed by atoms with Crippen LogP contribution in [0.2, 0.25) is 0 Å². The first-order valence-corrected chi connectivity index (χ1v) is 9.13. The maximum atomic E-state index is 12.9. The number of hydrogen-bond donors (Lipinski definition) is 1. The summed E-state index contributed by atoms with van der Waals surface area (Å²) in [6, 6.07) is 9.56. The Bertz CT molecular complexity index is 814. The summed E-state index contributed by atoms with van der Waals surface area (Å²) in [5.41, 5.74) is 2.01. The Labute approximate surface area is 156 Å². The zero-order valence-corrected chi connectivity index (χ0v) is 15.7. The maximum Gasteiger partial charge on any atom is 0.334 e. The molecule has 1 amide bonds. The number of carboxylic acid groups (broad SMARTS) is 1. The molecule has 3 rings (SSSR count). The van der Waals surface area contributed by atoms with Gasteiger partial charge in [-0.2, -0.15) is 0 Å². The molecule has 1 fully saturated rings. The fourth-order valence-electron chi connectivity index (χ4n) is 3.05. The Balaban J connectivity index is 1.83. The van der Waals surface area contributed by atoms with Crippen molar-refractivity contribution in [3.8, 4) is 16.9 Å². The molecule has 2 aromatic rings. The molecule has 26 heavy (non-hydrogen) atoms. The third-order valence-electron chi connectivity index (χ3n) is 4.35. The van der Waals surface area contributed by atoms with E-state index < -0.39 is 12.1 Å². The van der Waals surface area contributed by atoms with E-state index in [0.717, 1.165) is 21.8 Å². The van der Waals surface area contributed by atoms with Crippen molar-refractivity contribution >= 4 is 23.2 Å². The number of carboxylic acids is 1. The molecule has 0 aliphatic carbocycles. The second kappa shape index (κ2) is 7.47. The second-order valence-electron chi connectivity index (χ2n) is 6.29. The van der Waals surface area contributed by atoms with Crippen LogP contribution in [0.25, 0.3) is 11.1 Å². The van der Waals surface area contributed by atoms with Gasteiger partial charge in [0.2, 0.25) is 0 Å². The Morgan fingerprint density at radius 2 is 1.96 bits per heavy atom. The summed E-state index contributed by atoms with van der Waals surface area (Å²) in [6.07, 6.45) is -1.29. The van der Waals surface area contributed by atoms with Gasteiger partial charge in [-0.05, 0) is 43.2 Å². The molecule has 0 spiro atoms. The first kappa shape index (κ1) is 18.4. The molecule has 1 N–H and O–H groups in total. The number of amides is 1. The van der Waals surface area contributed by atoms with E-state index in [4.69, 9.17) is 9.47 Å². The SMILES string of the molecule is COc1ccc(-c2cc(C(=O)N3CC(C(=O)O)O[C@H](C)C3)sc2C)cc1. The van der Waals surface area contributed by atoms with Crippen LogP contribution in [0.1, 0.15) is 21.5 Å². The fourth-order valence-corrected chi connectivity index (χ4v) is 4.06. The zero-order valence-electron chi connectivity index (χ0n) is 14.9.